The number of piperidine rings is 1. The molecule has 1 saturated heterocycles. The fourth-order valence-electron chi connectivity index (χ4n) is 5.28. The fourth-order valence-corrected chi connectivity index (χ4v) is 5.28. The third kappa shape index (κ3) is 4.04. The first-order valence-corrected chi connectivity index (χ1v) is 12.2. The molecular formula is C29H29N3O3. The van der Waals surface area contributed by atoms with Crippen molar-refractivity contribution >= 4 is 16.7 Å². The number of fused-ring (bicyclic) bond motifs is 1. The van der Waals surface area contributed by atoms with Gasteiger partial charge in [-0.3, -0.25) is 9.59 Å². The summed E-state index contributed by atoms with van der Waals surface area (Å²) in [5.74, 6) is -0.226. The van der Waals surface area contributed by atoms with Gasteiger partial charge in [-0.25, -0.2) is 4.68 Å². The second kappa shape index (κ2) is 9.47. The summed E-state index contributed by atoms with van der Waals surface area (Å²) in [5.41, 5.74) is 0.700. The fraction of sp³-hybridized carbons (Fsp3) is 0.276. The van der Waals surface area contributed by atoms with Crippen LogP contribution in [-0.4, -0.2) is 38.8 Å². The van der Waals surface area contributed by atoms with Gasteiger partial charge in [-0.1, -0.05) is 78.9 Å². The zero-order chi connectivity index (χ0) is 24.4. The molecule has 1 fully saturated rings. The molecule has 3 aromatic carbocycles. The van der Waals surface area contributed by atoms with Crippen molar-refractivity contribution < 1.29 is 9.90 Å². The van der Waals surface area contributed by atoms with E-state index in [4.69, 9.17) is 0 Å². The lowest BCUT2D eigenvalue weighted by Gasteiger charge is -2.42. The van der Waals surface area contributed by atoms with Crippen LogP contribution in [-0.2, 0) is 12.1 Å². The molecule has 2 heterocycles. The van der Waals surface area contributed by atoms with Gasteiger partial charge < -0.3 is 10.0 Å². The molecule has 1 aliphatic heterocycles. The Morgan fingerprint density at radius 1 is 0.886 bits per heavy atom. The molecule has 0 radical (unpaired) electrons. The average molecular weight is 468 g/mol. The highest BCUT2D eigenvalue weighted by Crippen LogP contribution is 2.42. The summed E-state index contributed by atoms with van der Waals surface area (Å²) in [4.78, 5) is 28.1. The van der Waals surface area contributed by atoms with Crippen LogP contribution < -0.4 is 5.56 Å². The Kier molecular flexibility index (Phi) is 6.22. The van der Waals surface area contributed by atoms with E-state index in [9.17, 15) is 14.7 Å². The Balaban J connectivity index is 1.44. The normalized spacial score (nSPS) is 14.9. The van der Waals surface area contributed by atoms with Crippen LogP contribution in [0.15, 0.2) is 89.7 Å². The Hall–Kier alpha value is -3.77. The van der Waals surface area contributed by atoms with Crippen molar-refractivity contribution in [1.82, 2.24) is 14.7 Å². The summed E-state index contributed by atoms with van der Waals surface area (Å²) in [7, 11) is 0. The number of aliphatic hydroxyl groups is 1. The molecule has 4 aromatic rings. The number of benzene rings is 3. The summed E-state index contributed by atoms with van der Waals surface area (Å²) in [6.45, 7) is 3.25. The number of hydrogen-bond donors (Lipinski definition) is 1. The first kappa shape index (κ1) is 23.0. The Morgan fingerprint density at radius 3 is 1.94 bits per heavy atom. The van der Waals surface area contributed by atoms with Crippen LogP contribution in [0.3, 0.4) is 0 Å². The molecule has 1 amide bonds. The minimum absolute atomic E-state index is 0.0503. The molecule has 6 nitrogen and oxygen atoms in total. The van der Waals surface area contributed by atoms with Gasteiger partial charge >= 0.3 is 0 Å². The second-order valence-electron chi connectivity index (χ2n) is 9.08. The number of nitrogens with zero attached hydrogens (tertiary/aromatic N) is 3. The molecule has 0 bridgehead atoms. The first-order valence-electron chi connectivity index (χ1n) is 12.2. The number of likely N-dealkylation sites (tertiary alicyclic amines) is 1. The number of rotatable bonds is 5. The van der Waals surface area contributed by atoms with Crippen molar-refractivity contribution in [3.05, 3.63) is 112 Å². The molecule has 6 heteroatoms. The molecular weight excluding hydrogens is 438 g/mol. The van der Waals surface area contributed by atoms with Crippen LogP contribution in [0.2, 0.25) is 0 Å². The van der Waals surface area contributed by atoms with E-state index in [0.29, 0.717) is 48.9 Å². The van der Waals surface area contributed by atoms with Gasteiger partial charge in [0.2, 0.25) is 0 Å². The van der Waals surface area contributed by atoms with Crippen molar-refractivity contribution in [2.75, 3.05) is 13.1 Å². The molecule has 1 N–H and O–H groups in total. The Labute approximate surface area is 204 Å². The van der Waals surface area contributed by atoms with E-state index in [0.717, 1.165) is 11.1 Å². The van der Waals surface area contributed by atoms with Crippen LogP contribution in [0.4, 0.5) is 0 Å². The van der Waals surface area contributed by atoms with Crippen LogP contribution in [0, 0.1) is 5.92 Å². The van der Waals surface area contributed by atoms with Gasteiger partial charge in [-0.2, -0.15) is 5.10 Å². The Bertz CT molecular complexity index is 1350. The maximum atomic E-state index is 13.6. The van der Waals surface area contributed by atoms with Crippen LogP contribution in [0.1, 0.15) is 41.4 Å². The van der Waals surface area contributed by atoms with Gasteiger partial charge in [0, 0.05) is 25.0 Å². The van der Waals surface area contributed by atoms with E-state index in [-0.39, 0.29) is 17.4 Å². The predicted octanol–water partition coefficient (Wildman–Crippen LogP) is 4.20. The predicted molar refractivity (Wildman–Crippen MR) is 136 cm³/mol. The van der Waals surface area contributed by atoms with Gasteiger partial charge in [-0.05, 0) is 42.9 Å². The highest BCUT2D eigenvalue weighted by Gasteiger charge is 2.42. The molecule has 1 aliphatic rings. The van der Waals surface area contributed by atoms with E-state index in [2.05, 4.69) is 5.10 Å². The molecule has 0 saturated carbocycles. The van der Waals surface area contributed by atoms with E-state index < -0.39 is 5.60 Å². The summed E-state index contributed by atoms with van der Waals surface area (Å²) >= 11 is 0. The molecule has 178 valence electrons. The lowest BCUT2D eigenvalue weighted by atomic mass is 9.72. The smallest absolute Gasteiger partial charge is 0.274 e. The zero-order valence-electron chi connectivity index (χ0n) is 19.8. The molecule has 0 spiro atoms. The molecule has 0 unspecified atom stereocenters. The second-order valence-corrected chi connectivity index (χ2v) is 9.08. The topological polar surface area (TPSA) is 75.4 Å². The van der Waals surface area contributed by atoms with Crippen molar-refractivity contribution in [2.24, 2.45) is 5.92 Å². The van der Waals surface area contributed by atoms with Gasteiger partial charge in [0.05, 0.1) is 5.39 Å². The highest BCUT2D eigenvalue weighted by molar-refractivity contribution is 6.04. The Morgan fingerprint density at radius 2 is 1.40 bits per heavy atom. The zero-order valence-corrected chi connectivity index (χ0v) is 19.8. The van der Waals surface area contributed by atoms with Crippen molar-refractivity contribution in [3.8, 4) is 0 Å². The number of hydrogen-bond acceptors (Lipinski definition) is 4. The van der Waals surface area contributed by atoms with Crippen LogP contribution in [0.5, 0.6) is 0 Å². The van der Waals surface area contributed by atoms with Crippen molar-refractivity contribution in [1.29, 1.82) is 0 Å². The maximum Gasteiger partial charge on any atom is 0.274 e. The summed E-state index contributed by atoms with van der Waals surface area (Å²) < 4.78 is 1.35. The van der Waals surface area contributed by atoms with E-state index >= 15 is 0 Å². The van der Waals surface area contributed by atoms with Crippen LogP contribution in [0.25, 0.3) is 10.8 Å². The third-order valence-corrected chi connectivity index (χ3v) is 7.17. The van der Waals surface area contributed by atoms with Crippen LogP contribution >= 0.6 is 0 Å². The number of aromatic nitrogens is 2. The number of amides is 1. The van der Waals surface area contributed by atoms with Gasteiger partial charge in [0.25, 0.3) is 11.5 Å². The maximum absolute atomic E-state index is 13.6. The van der Waals surface area contributed by atoms with Gasteiger partial charge in [-0.15, -0.1) is 0 Å². The molecule has 1 aromatic heterocycles. The molecule has 5 rings (SSSR count). The number of carbonyl (C=O) groups excluding carboxylic acids is 1. The standard InChI is InChI=1S/C29H29N3O3/c1-2-32-27(33)25-16-10-9-15-24(25)26(30-32)28(34)31-19-17-23(18-20-31)29(35,21-11-5-3-6-12-21)22-13-7-4-8-14-22/h3-16,23,35H,2,17-20H2,1H3. The average Bonchev–Trinajstić information content (AvgIpc) is 2.93. The minimum atomic E-state index is -1.14. The minimum Gasteiger partial charge on any atom is -0.380 e. The lowest BCUT2D eigenvalue weighted by molar-refractivity contribution is -0.0123. The van der Waals surface area contributed by atoms with Gasteiger partial charge in [0.1, 0.15) is 5.60 Å². The van der Waals surface area contributed by atoms with Gasteiger partial charge in [0.15, 0.2) is 5.69 Å². The van der Waals surface area contributed by atoms with Crippen molar-refractivity contribution in [3.63, 3.8) is 0 Å². The SMILES string of the molecule is CCn1nc(C(=O)N2CCC(C(O)(c3ccccc3)c3ccccc3)CC2)c2ccccc2c1=O. The number of aryl methyl sites for hydroxylation is 1. The third-order valence-electron chi connectivity index (χ3n) is 7.17. The number of carbonyl (C=O) groups is 1. The van der Waals surface area contributed by atoms with Crippen molar-refractivity contribution in [2.45, 2.75) is 31.9 Å². The summed E-state index contributed by atoms with van der Waals surface area (Å²) in [5, 5.41) is 17.6. The summed E-state index contributed by atoms with van der Waals surface area (Å²) in [6, 6.07) is 26.7. The monoisotopic (exact) mass is 467 g/mol. The van der Waals surface area contributed by atoms with E-state index in [1.54, 1.807) is 23.1 Å². The molecule has 0 atom stereocenters. The lowest BCUT2D eigenvalue weighted by Crippen LogP contribution is -2.46. The highest BCUT2D eigenvalue weighted by atomic mass is 16.3. The first-order chi connectivity index (χ1) is 17.0. The van der Waals surface area contributed by atoms with E-state index in [1.165, 1.54) is 4.68 Å². The summed E-state index contributed by atoms with van der Waals surface area (Å²) in [6.07, 6.45) is 1.30. The van der Waals surface area contributed by atoms with E-state index in [1.807, 2.05) is 73.7 Å². The quantitative estimate of drug-likeness (QED) is 0.477. The molecule has 35 heavy (non-hydrogen) atoms. The molecule has 0 aliphatic carbocycles. The largest absolute Gasteiger partial charge is 0.380 e.